The van der Waals surface area contributed by atoms with E-state index in [0.29, 0.717) is 11.1 Å². The summed E-state index contributed by atoms with van der Waals surface area (Å²) >= 11 is 0. The van der Waals surface area contributed by atoms with Crippen LogP contribution in [-0.2, 0) is 6.61 Å². The molecule has 0 unspecified atom stereocenters. The first-order valence-corrected chi connectivity index (χ1v) is 10.9. The highest BCUT2D eigenvalue weighted by Crippen LogP contribution is 2.50. The number of fused-ring (bicyclic) bond motifs is 1. The van der Waals surface area contributed by atoms with Gasteiger partial charge in [-0.15, -0.1) is 0 Å². The van der Waals surface area contributed by atoms with Crippen LogP contribution in [-0.4, -0.2) is 33.1 Å². The smallest absolute Gasteiger partial charge is 0.153 e. The molecule has 152 valence electrons. The van der Waals surface area contributed by atoms with Crippen LogP contribution >= 0.6 is 0 Å². The molecule has 1 saturated carbocycles. The van der Waals surface area contributed by atoms with Crippen molar-refractivity contribution >= 4 is 16.7 Å². The molecule has 2 aromatic heterocycles. The van der Waals surface area contributed by atoms with Crippen molar-refractivity contribution in [2.75, 3.05) is 18.0 Å². The summed E-state index contributed by atoms with van der Waals surface area (Å²) < 4.78 is 0. The van der Waals surface area contributed by atoms with Gasteiger partial charge in [0, 0.05) is 35.8 Å². The quantitative estimate of drug-likeness (QED) is 0.672. The van der Waals surface area contributed by atoms with Crippen molar-refractivity contribution in [1.82, 2.24) is 15.0 Å². The number of aryl methyl sites for hydroxylation is 1. The molecule has 5 nitrogen and oxygen atoms in total. The molecule has 0 amide bonds. The summed E-state index contributed by atoms with van der Waals surface area (Å²) in [4.78, 5) is 15.4. The van der Waals surface area contributed by atoms with Crippen LogP contribution in [0.3, 0.4) is 0 Å². The Balaban J connectivity index is 1.45. The average Bonchev–Trinajstić information content (AvgIpc) is 3.35. The van der Waals surface area contributed by atoms with E-state index in [9.17, 15) is 5.11 Å². The Morgan fingerprint density at radius 3 is 2.72 bits per heavy atom. The molecule has 1 aliphatic heterocycles. The fraction of sp³-hybridized carbons (Fsp3) is 0.500. The number of benzene rings is 1. The number of aliphatic hydroxyl groups is 1. The molecule has 3 aromatic rings. The lowest BCUT2D eigenvalue weighted by Gasteiger charge is -2.43. The topological polar surface area (TPSA) is 65.0 Å². The van der Waals surface area contributed by atoms with E-state index in [4.69, 9.17) is 9.97 Å². The normalized spacial score (nSPS) is 21.3. The van der Waals surface area contributed by atoms with E-state index < -0.39 is 0 Å². The van der Waals surface area contributed by atoms with Crippen molar-refractivity contribution < 1.29 is 5.11 Å². The Hall–Kier alpha value is -2.40. The molecular weight excluding hydrogens is 360 g/mol. The molecule has 1 spiro atoms. The van der Waals surface area contributed by atoms with Gasteiger partial charge in [-0.1, -0.05) is 25.8 Å². The van der Waals surface area contributed by atoms with Gasteiger partial charge in [-0.3, -0.25) is 0 Å². The Kier molecular flexibility index (Phi) is 4.58. The van der Waals surface area contributed by atoms with Crippen molar-refractivity contribution in [2.24, 2.45) is 11.3 Å². The number of nitrogens with zero attached hydrogens (tertiary/aromatic N) is 3. The van der Waals surface area contributed by atoms with E-state index in [1.54, 1.807) is 0 Å². The number of aliphatic hydroxyl groups excluding tert-OH is 1. The molecule has 29 heavy (non-hydrogen) atoms. The Morgan fingerprint density at radius 1 is 1.17 bits per heavy atom. The van der Waals surface area contributed by atoms with Crippen LogP contribution in [0.5, 0.6) is 0 Å². The Labute approximate surface area is 172 Å². The van der Waals surface area contributed by atoms with Crippen molar-refractivity contribution in [3.8, 4) is 11.3 Å². The fourth-order valence-electron chi connectivity index (χ4n) is 5.60. The molecule has 1 saturated heterocycles. The number of hydrogen-bond donors (Lipinski definition) is 2. The lowest BCUT2D eigenvalue weighted by molar-refractivity contribution is 0.161. The number of piperidine rings is 1. The predicted octanol–water partition coefficient (Wildman–Crippen LogP) is 4.83. The van der Waals surface area contributed by atoms with Crippen LogP contribution in [0, 0.1) is 18.3 Å². The lowest BCUT2D eigenvalue weighted by Crippen LogP contribution is -2.42. The molecule has 0 bridgehead atoms. The van der Waals surface area contributed by atoms with Crippen LogP contribution < -0.4 is 4.90 Å². The van der Waals surface area contributed by atoms with Gasteiger partial charge in [0.15, 0.2) is 5.82 Å². The first kappa shape index (κ1) is 18.6. The van der Waals surface area contributed by atoms with Crippen LogP contribution in [0.4, 0.5) is 5.82 Å². The molecule has 2 fully saturated rings. The zero-order valence-electron chi connectivity index (χ0n) is 17.4. The van der Waals surface area contributed by atoms with E-state index in [0.717, 1.165) is 52.7 Å². The van der Waals surface area contributed by atoms with Gasteiger partial charge in [-0.05, 0) is 55.7 Å². The number of aromatic nitrogens is 3. The van der Waals surface area contributed by atoms with E-state index in [-0.39, 0.29) is 6.61 Å². The number of nitrogens with one attached hydrogen (secondary N) is 1. The fourth-order valence-corrected chi connectivity index (χ4v) is 5.60. The van der Waals surface area contributed by atoms with Crippen LogP contribution in [0.2, 0.25) is 0 Å². The molecule has 5 heteroatoms. The molecule has 5 rings (SSSR count). The van der Waals surface area contributed by atoms with Crippen LogP contribution in [0.25, 0.3) is 22.2 Å². The third kappa shape index (κ3) is 3.12. The van der Waals surface area contributed by atoms with Gasteiger partial charge < -0.3 is 15.0 Å². The van der Waals surface area contributed by atoms with Crippen LogP contribution in [0.1, 0.15) is 50.4 Å². The maximum atomic E-state index is 10.1. The largest absolute Gasteiger partial charge is 0.390 e. The van der Waals surface area contributed by atoms with Gasteiger partial charge in [-0.2, -0.15) is 0 Å². The van der Waals surface area contributed by atoms with Gasteiger partial charge in [-0.25, -0.2) is 9.97 Å². The highest BCUT2D eigenvalue weighted by Gasteiger charge is 2.42. The molecule has 1 aliphatic carbocycles. The SMILES string of the molecule is Cc1nc(N2CCC3(CCC[C@H]3C)CC2)c(CO)nc1-c1ccc2[nH]ccc2c1. The number of H-pyrrole nitrogens is 1. The summed E-state index contributed by atoms with van der Waals surface area (Å²) in [5, 5.41) is 11.2. The lowest BCUT2D eigenvalue weighted by atomic mass is 9.71. The second kappa shape index (κ2) is 7.13. The third-order valence-corrected chi connectivity index (χ3v) is 7.51. The van der Waals surface area contributed by atoms with E-state index >= 15 is 0 Å². The summed E-state index contributed by atoms with van der Waals surface area (Å²) in [6, 6.07) is 8.35. The first-order valence-electron chi connectivity index (χ1n) is 10.9. The summed E-state index contributed by atoms with van der Waals surface area (Å²) in [7, 11) is 0. The second-order valence-corrected chi connectivity index (χ2v) is 9.01. The summed E-state index contributed by atoms with van der Waals surface area (Å²) in [6.45, 7) is 6.40. The summed E-state index contributed by atoms with van der Waals surface area (Å²) in [5.41, 5.74) is 5.16. The minimum atomic E-state index is -0.0833. The standard InChI is InChI=1S/C24H30N4O/c1-16-4-3-8-24(16)9-12-28(13-10-24)23-21(15-29)27-22(17(2)26-23)19-5-6-20-18(14-19)7-11-25-20/h5-7,11,14,16,25,29H,3-4,8-10,12-13,15H2,1-2H3/t16-/m1/s1. The number of aromatic amines is 1. The van der Waals surface area contributed by atoms with Crippen molar-refractivity contribution in [1.29, 1.82) is 0 Å². The zero-order chi connectivity index (χ0) is 20.0. The second-order valence-electron chi connectivity index (χ2n) is 9.01. The average molecular weight is 391 g/mol. The van der Waals surface area contributed by atoms with E-state index in [2.05, 4.69) is 41.1 Å². The molecule has 3 heterocycles. The van der Waals surface area contributed by atoms with Gasteiger partial charge in [0.1, 0.15) is 5.69 Å². The van der Waals surface area contributed by atoms with Gasteiger partial charge in [0.2, 0.25) is 0 Å². The molecule has 1 aromatic carbocycles. The monoisotopic (exact) mass is 390 g/mol. The minimum Gasteiger partial charge on any atom is -0.390 e. The summed E-state index contributed by atoms with van der Waals surface area (Å²) in [5.74, 6) is 1.71. The number of anilines is 1. The molecular formula is C24H30N4O. The Bertz CT molecular complexity index is 1030. The van der Waals surface area contributed by atoms with Gasteiger partial charge in [0.05, 0.1) is 18.0 Å². The Morgan fingerprint density at radius 2 is 2.00 bits per heavy atom. The number of rotatable bonds is 3. The molecule has 2 aliphatic rings. The van der Waals surface area contributed by atoms with Gasteiger partial charge >= 0.3 is 0 Å². The van der Waals surface area contributed by atoms with Gasteiger partial charge in [0.25, 0.3) is 0 Å². The van der Waals surface area contributed by atoms with E-state index in [1.807, 2.05) is 13.1 Å². The van der Waals surface area contributed by atoms with E-state index in [1.165, 1.54) is 32.1 Å². The molecule has 0 radical (unpaired) electrons. The number of hydrogen-bond acceptors (Lipinski definition) is 4. The maximum Gasteiger partial charge on any atom is 0.153 e. The van der Waals surface area contributed by atoms with Crippen molar-refractivity contribution in [3.05, 3.63) is 41.9 Å². The third-order valence-electron chi connectivity index (χ3n) is 7.51. The minimum absolute atomic E-state index is 0.0833. The van der Waals surface area contributed by atoms with Crippen LogP contribution in [0.15, 0.2) is 30.5 Å². The summed E-state index contributed by atoms with van der Waals surface area (Å²) in [6.07, 6.45) is 8.53. The molecule has 1 atom stereocenters. The zero-order valence-corrected chi connectivity index (χ0v) is 17.4. The molecule has 2 N–H and O–H groups in total. The predicted molar refractivity (Wildman–Crippen MR) is 117 cm³/mol. The highest BCUT2D eigenvalue weighted by atomic mass is 16.3. The van der Waals surface area contributed by atoms with Crippen molar-refractivity contribution in [3.63, 3.8) is 0 Å². The first-order chi connectivity index (χ1) is 14.1. The maximum absolute atomic E-state index is 10.1. The highest BCUT2D eigenvalue weighted by molar-refractivity contribution is 5.84. The van der Waals surface area contributed by atoms with Crippen molar-refractivity contribution in [2.45, 2.75) is 52.6 Å².